The molecule has 0 aromatic rings. The molecule has 0 aliphatic heterocycles. The average molecular weight is 237 g/mol. The van der Waals surface area contributed by atoms with Crippen LogP contribution in [0.4, 0.5) is 0 Å². The van der Waals surface area contributed by atoms with E-state index in [-0.39, 0.29) is 0 Å². The lowest BCUT2D eigenvalue weighted by Gasteiger charge is -2.09. The van der Waals surface area contributed by atoms with Crippen LogP contribution in [0.1, 0.15) is 59.8 Å². The van der Waals surface area contributed by atoms with Gasteiger partial charge in [-0.3, -0.25) is 4.99 Å². The third kappa shape index (κ3) is 7.78. The normalized spacial score (nSPS) is 12.7. The van der Waals surface area contributed by atoms with Gasteiger partial charge in [-0.25, -0.2) is 0 Å². The predicted molar refractivity (Wildman–Crippen MR) is 76.4 cm³/mol. The topological polar surface area (TPSA) is 21.6 Å². The largest absolute Gasteiger partial charge is 0.492 e. The van der Waals surface area contributed by atoms with Crippen molar-refractivity contribution in [1.82, 2.24) is 0 Å². The first kappa shape index (κ1) is 16.0. The van der Waals surface area contributed by atoms with Crippen molar-refractivity contribution in [3.8, 4) is 0 Å². The first-order valence-corrected chi connectivity index (χ1v) is 6.72. The predicted octanol–water partition coefficient (Wildman–Crippen LogP) is 4.87. The van der Waals surface area contributed by atoms with E-state index < -0.39 is 0 Å². The number of allylic oxidation sites excluding steroid dienone is 1. The molecule has 17 heavy (non-hydrogen) atoms. The van der Waals surface area contributed by atoms with Crippen LogP contribution in [0, 0.1) is 0 Å². The second kappa shape index (κ2) is 10.1. The van der Waals surface area contributed by atoms with E-state index >= 15 is 0 Å². The molecular weight excluding hydrogens is 210 g/mol. The van der Waals surface area contributed by atoms with Crippen LogP contribution in [-0.2, 0) is 4.74 Å². The third-order valence-corrected chi connectivity index (χ3v) is 2.42. The molecule has 0 aromatic carbocycles. The summed E-state index contributed by atoms with van der Waals surface area (Å²) in [5.74, 6) is 0.694. The zero-order chi connectivity index (χ0) is 13.1. The summed E-state index contributed by atoms with van der Waals surface area (Å²) in [4.78, 5) is 4.61. The Hall–Kier alpha value is -1.05. The van der Waals surface area contributed by atoms with Gasteiger partial charge in [-0.15, -0.1) is 0 Å². The SMILES string of the molecule is C=C(OCC)/C(=C/CCCC)N=C(C)CCC. The van der Waals surface area contributed by atoms with E-state index in [0.29, 0.717) is 12.4 Å². The molecule has 0 spiro atoms. The summed E-state index contributed by atoms with van der Waals surface area (Å²) in [6.07, 6.45) is 7.72. The van der Waals surface area contributed by atoms with Gasteiger partial charge in [0.1, 0.15) is 11.5 Å². The van der Waals surface area contributed by atoms with Crippen LogP contribution in [0.2, 0.25) is 0 Å². The molecule has 0 amide bonds. The van der Waals surface area contributed by atoms with E-state index in [0.717, 1.165) is 30.7 Å². The lowest BCUT2D eigenvalue weighted by molar-refractivity contribution is 0.238. The van der Waals surface area contributed by atoms with Gasteiger partial charge in [-0.1, -0.05) is 39.3 Å². The molecule has 0 fully saturated rings. The van der Waals surface area contributed by atoms with Gasteiger partial charge in [0.15, 0.2) is 0 Å². The Balaban J connectivity index is 4.66. The summed E-state index contributed by atoms with van der Waals surface area (Å²) in [6.45, 7) is 13.0. The lowest BCUT2D eigenvalue weighted by Crippen LogP contribution is -1.97. The molecule has 2 nitrogen and oxygen atoms in total. The molecule has 0 unspecified atom stereocenters. The monoisotopic (exact) mass is 237 g/mol. The standard InChI is InChI=1S/C15H27NO/c1-6-9-10-12-15(14(5)17-8-3)16-13(4)11-7-2/h12H,5-11H2,1-4H3/b15-12-,16-13?. The molecule has 0 saturated carbocycles. The van der Waals surface area contributed by atoms with Gasteiger partial charge < -0.3 is 4.74 Å². The molecule has 0 heterocycles. The van der Waals surface area contributed by atoms with Gasteiger partial charge in [0.05, 0.1) is 6.61 Å². The minimum absolute atomic E-state index is 0.645. The Morgan fingerprint density at radius 1 is 1.24 bits per heavy atom. The van der Waals surface area contributed by atoms with Crippen LogP contribution in [0.15, 0.2) is 29.1 Å². The molecule has 2 heteroatoms. The Bertz CT molecular complexity index is 277. The average Bonchev–Trinajstić information content (AvgIpc) is 2.28. The molecule has 0 bridgehead atoms. The molecular formula is C15H27NO. The molecule has 0 atom stereocenters. The van der Waals surface area contributed by atoms with Crippen molar-refractivity contribution in [2.75, 3.05) is 6.61 Å². The van der Waals surface area contributed by atoms with Crippen molar-refractivity contribution in [2.45, 2.75) is 59.8 Å². The van der Waals surface area contributed by atoms with Crippen molar-refractivity contribution in [3.63, 3.8) is 0 Å². The van der Waals surface area contributed by atoms with Crippen LogP contribution < -0.4 is 0 Å². The van der Waals surface area contributed by atoms with Crippen LogP contribution in [0.25, 0.3) is 0 Å². The Labute approximate surface area is 106 Å². The first-order chi connectivity index (χ1) is 8.15. The van der Waals surface area contributed by atoms with E-state index in [2.05, 4.69) is 38.4 Å². The molecule has 0 aromatic heterocycles. The molecule has 0 radical (unpaired) electrons. The number of unbranched alkanes of at least 4 members (excludes halogenated alkanes) is 2. The summed E-state index contributed by atoms with van der Waals surface area (Å²) < 4.78 is 5.44. The van der Waals surface area contributed by atoms with E-state index in [9.17, 15) is 0 Å². The van der Waals surface area contributed by atoms with Crippen molar-refractivity contribution in [1.29, 1.82) is 0 Å². The van der Waals surface area contributed by atoms with E-state index in [4.69, 9.17) is 4.74 Å². The van der Waals surface area contributed by atoms with Gasteiger partial charge >= 0.3 is 0 Å². The smallest absolute Gasteiger partial charge is 0.137 e. The number of aliphatic imine (C=N–C) groups is 1. The molecule has 0 rings (SSSR count). The highest BCUT2D eigenvalue weighted by atomic mass is 16.5. The van der Waals surface area contributed by atoms with Crippen LogP contribution in [0.5, 0.6) is 0 Å². The maximum absolute atomic E-state index is 5.44. The fourth-order valence-electron chi connectivity index (χ4n) is 1.54. The zero-order valence-corrected chi connectivity index (χ0v) is 11.9. The number of nitrogens with zero attached hydrogens (tertiary/aromatic N) is 1. The van der Waals surface area contributed by atoms with Crippen LogP contribution in [0.3, 0.4) is 0 Å². The fraction of sp³-hybridized carbons (Fsp3) is 0.667. The van der Waals surface area contributed by atoms with E-state index in [1.165, 1.54) is 12.8 Å². The summed E-state index contributed by atoms with van der Waals surface area (Å²) in [5, 5.41) is 0. The summed E-state index contributed by atoms with van der Waals surface area (Å²) >= 11 is 0. The van der Waals surface area contributed by atoms with Crippen LogP contribution >= 0.6 is 0 Å². The van der Waals surface area contributed by atoms with E-state index in [1.807, 2.05) is 6.92 Å². The van der Waals surface area contributed by atoms with Gasteiger partial charge in [0.25, 0.3) is 0 Å². The molecule has 0 saturated heterocycles. The van der Waals surface area contributed by atoms with Gasteiger partial charge in [-0.2, -0.15) is 0 Å². The Kier molecular flexibility index (Phi) is 9.50. The minimum atomic E-state index is 0.645. The van der Waals surface area contributed by atoms with Gasteiger partial charge in [-0.05, 0) is 33.1 Å². The zero-order valence-electron chi connectivity index (χ0n) is 11.9. The highest BCUT2D eigenvalue weighted by Crippen LogP contribution is 2.14. The van der Waals surface area contributed by atoms with Crippen molar-refractivity contribution in [3.05, 3.63) is 24.1 Å². The van der Waals surface area contributed by atoms with Crippen molar-refractivity contribution < 1.29 is 4.74 Å². The highest BCUT2D eigenvalue weighted by Gasteiger charge is 2.02. The Morgan fingerprint density at radius 3 is 2.47 bits per heavy atom. The molecule has 0 aliphatic rings. The van der Waals surface area contributed by atoms with Gasteiger partial charge in [0.2, 0.25) is 0 Å². The van der Waals surface area contributed by atoms with Crippen molar-refractivity contribution >= 4 is 5.71 Å². The second-order valence-electron chi connectivity index (χ2n) is 4.18. The quantitative estimate of drug-likeness (QED) is 0.242. The van der Waals surface area contributed by atoms with Crippen LogP contribution in [-0.4, -0.2) is 12.3 Å². The number of hydrogen-bond acceptors (Lipinski definition) is 2. The number of ether oxygens (including phenoxy) is 1. The number of hydrogen-bond donors (Lipinski definition) is 0. The van der Waals surface area contributed by atoms with Crippen molar-refractivity contribution in [2.24, 2.45) is 4.99 Å². The molecule has 0 aliphatic carbocycles. The van der Waals surface area contributed by atoms with E-state index in [1.54, 1.807) is 0 Å². The second-order valence-corrected chi connectivity index (χ2v) is 4.18. The Morgan fingerprint density at radius 2 is 1.94 bits per heavy atom. The maximum atomic E-state index is 5.44. The minimum Gasteiger partial charge on any atom is -0.492 e. The fourth-order valence-corrected chi connectivity index (χ4v) is 1.54. The lowest BCUT2D eigenvalue weighted by atomic mass is 10.2. The molecule has 0 N–H and O–H groups in total. The summed E-state index contributed by atoms with van der Waals surface area (Å²) in [7, 11) is 0. The molecule has 98 valence electrons. The third-order valence-electron chi connectivity index (χ3n) is 2.42. The summed E-state index contributed by atoms with van der Waals surface area (Å²) in [5.41, 5.74) is 2.06. The maximum Gasteiger partial charge on any atom is 0.137 e. The highest BCUT2D eigenvalue weighted by molar-refractivity contribution is 5.83. The first-order valence-electron chi connectivity index (χ1n) is 6.72. The number of rotatable bonds is 9. The summed E-state index contributed by atoms with van der Waals surface area (Å²) in [6, 6.07) is 0. The van der Waals surface area contributed by atoms with Gasteiger partial charge in [0, 0.05) is 5.71 Å².